The molecule has 1 aliphatic carbocycles. The van der Waals surface area contributed by atoms with Crippen molar-refractivity contribution in [3.05, 3.63) is 77.6 Å². The third-order valence-electron chi connectivity index (χ3n) is 4.84. The largest absolute Gasteiger partial charge is 0.340 e. The highest BCUT2D eigenvalue weighted by molar-refractivity contribution is 7.18. The molecule has 0 fully saturated rings. The normalized spacial score (nSPS) is 16.7. The molecule has 0 saturated carbocycles. The second-order valence-corrected chi connectivity index (χ2v) is 7.06. The van der Waals surface area contributed by atoms with Gasteiger partial charge in [-0.2, -0.15) is 0 Å². The Morgan fingerprint density at radius 2 is 2.12 bits per heavy atom. The van der Waals surface area contributed by atoms with Crippen LogP contribution in [0.4, 0.5) is 0 Å². The Morgan fingerprint density at radius 1 is 1.28 bits per heavy atom. The first-order valence-electron chi connectivity index (χ1n) is 8.63. The Bertz CT molecular complexity index is 898. The molecule has 0 bridgehead atoms. The summed E-state index contributed by atoms with van der Waals surface area (Å²) in [6, 6.07) is 6.38. The van der Waals surface area contributed by atoms with E-state index in [4.69, 9.17) is 0 Å². The van der Waals surface area contributed by atoms with Crippen LogP contribution in [0, 0.1) is 6.92 Å². The van der Waals surface area contributed by atoms with Gasteiger partial charge >= 0.3 is 0 Å². The van der Waals surface area contributed by atoms with Crippen molar-refractivity contribution in [1.29, 1.82) is 0 Å². The Hall–Kier alpha value is -2.18. The van der Waals surface area contributed by atoms with Crippen LogP contribution < -0.4 is 0 Å². The summed E-state index contributed by atoms with van der Waals surface area (Å²) in [5, 5.41) is 1.23. The van der Waals surface area contributed by atoms with Crippen molar-refractivity contribution in [2.75, 3.05) is 0 Å². The number of carbonyl (C=O) groups is 1. The minimum Gasteiger partial charge on any atom is -0.340 e. The molecule has 3 heteroatoms. The number of fused-ring (bicyclic) bond motifs is 1. The number of aldehydes is 1. The lowest BCUT2D eigenvalue weighted by Gasteiger charge is -2.15. The van der Waals surface area contributed by atoms with Gasteiger partial charge in [-0.15, -0.1) is 9.24 Å². The van der Waals surface area contributed by atoms with Gasteiger partial charge in [-0.3, -0.25) is 0 Å². The fourth-order valence-corrected chi connectivity index (χ4v) is 3.85. The van der Waals surface area contributed by atoms with E-state index in [0.717, 1.165) is 19.3 Å². The van der Waals surface area contributed by atoms with E-state index in [1.54, 1.807) is 0 Å². The van der Waals surface area contributed by atoms with Crippen molar-refractivity contribution in [2.45, 2.75) is 32.0 Å². The summed E-state index contributed by atoms with van der Waals surface area (Å²) in [7, 11) is 2.91. The average Bonchev–Trinajstić information content (AvgIpc) is 2.74. The zero-order chi connectivity index (χ0) is 17.8. The molecular weight excluding hydrogens is 325 g/mol. The predicted octanol–water partition coefficient (Wildman–Crippen LogP) is 5.02. The molecule has 25 heavy (non-hydrogen) atoms. The minimum absolute atomic E-state index is 0.331. The second-order valence-electron chi connectivity index (χ2n) is 6.34. The van der Waals surface area contributed by atoms with Crippen LogP contribution >= 0.6 is 9.24 Å². The SMILES string of the molecule is C=Cc1c(C)n(CC2=CC=CC=CC2P)c2cccc(CCC=O)c12. The molecule has 128 valence electrons. The third-order valence-corrected chi connectivity index (χ3v) is 5.49. The molecule has 1 aromatic carbocycles. The average molecular weight is 349 g/mol. The molecule has 0 amide bonds. The second kappa shape index (κ2) is 7.80. The monoisotopic (exact) mass is 349 g/mol. The molecule has 2 aromatic rings. The summed E-state index contributed by atoms with van der Waals surface area (Å²) < 4.78 is 2.37. The number of hydrogen-bond donors (Lipinski definition) is 0. The third kappa shape index (κ3) is 3.45. The highest BCUT2D eigenvalue weighted by Crippen LogP contribution is 2.32. The van der Waals surface area contributed by atoms with Gasteiger partial charge in [-0.25, -0.2) is 0 Å². The molecule has 0 N–H and O–H groups in total. The number of carbonyl (C=O) groups excluding carboxylic acids is 1. The van der Waals surface area contributed by atoms with E-state index in [-0.39, 0.29) is 0 Å². The van der Waals surface area contributed by atoms with Crippen LogP contribution in [0.15, 0.2) is 60.7 Å². The van der Waals surface area contributed by atoms with E-state index in [1.807, 2.05) is 6.08 Å². The molecular formula is C22H24NOP. The quantitative estimate of drug-likeness (QED) is 0.530. The van der Waals surface area contributed by atoms with Crippen LogP contribution in [0.1, 0.15) is 23.2 Å². The maximum Gasteiger partial charge on any atom is 0.120 e. The van der Waals surface area contributed by atoms with Crippen LogP contribution in [0.3, 0.4) is 0 Å². The topological polar surface area (TPSA) is 22.0 Å². The smallest absolute Gasteiger partial charge is 0.120 e. The first-order chi connectivity index (χ1) is 12.2. The summed E-state index contributed by atoms with van der Waals surface area (Å²) in [4.78, 5) is 10.8. The standard InChI is InChI=1S/C22H24NOP/c1-3-19-16(2)23(15-18-9-5-4-6-13-21(18)25)20-12-7-10-17(22(19)20)11-8-14-24/h3-7,9-10,12-14,21H,1,8,11,15,25H2,2H3. The van der Waals surface area contributed by atoms with Gasteiger partial charge in [-0.05, 0) is 30.5 Å². The van der Waals surface area contributed by atoms with Crippen molar-refractivity contribution in [3.63, 3.8) is 0 Å². The summed E-state index contributed by atoms with van der Waals surface area (Å²) in [5.41, 5.74) is 6.52. The van der Waals surface area contributed by atoms with Gasteiger partial charge < -0.3 is 9.36 Å². The van der Waals surface area contributed by atoms with Gasteiger partial charge in [-0.1, -0.05) is 55.2 Å². The fraction of sp³-hybridized carbons (Fsp3) is 0.227. The van der Waals surface area contributed by atoms with Crippen LogP contribution in [0.25, 0.3) is 17.0 Å². The van der Waals surface area contributed by atoms with Crippen molar-refractivity contribution in [1.82, 2.24) is 4.57 Å². The van der Waals surface area contributed by atoms with Crippen LogP contribution in [-0.2, 0) is 17.8 Å². The summed E-state index contributed by atoms with van der Waals surface area (Å²) in [6.07, 6.45) is 14.9. The van der Waals surface area contributed by atoms with Gasteiger partial charge in [0, 0.05) is 40.8 Å². The molecule has 1 aromatic heterocycles. The van der Waals surface area contributed by atoms with E-state index >= 15 is 0 Å². The van der Waals surface area contributed by atoms with E-state index in [0.29, 0.717) is 12.1 Å². The fourth-order valence-electron chi connectivity index (χ4n) is 3.51. The highest BCUT2D eigenvalue weighted by Gasteiger charge is 2.17. The van der Waals surface area contributed by atoms with Gasteiger partial charge in [0.25, 0.3) is 0 Å². The number of hydrogen-bond acceptors (Lipinski definition) is 1. The van der Waals surface area contributed by atoms with Gasteiger partial charge in [0.1, 0.15) is 6.29 Å². The van der Waals surface area contributed by atoms with Crippen molar-refractivity contribution >= 4 is 32.5 Å². The highest BCUT2D eigenvalue weighted by atomic mass is 31.0. The molecule has 2 unspecified atom stereocenters. The predicted molar refractivity (Wildman–Crippen MR) is 111 cm³/mol. The molecule has 2 nitrogen and oxygen atoms in total. The number of aromatic nitrogens is 1. The summed E-state index contributed by atoms with van der Waals surface area (Å²) in [6.45, 7) is 7.03. The van der Waals surface area contributed by atoms with E-state index in [1.165, 1.54) is 33.3 Å². The first kappa shape index (κ1) is 17.6. The lowest BCUT2D eigenvalue weighted by molar-refractivity contribution is -0.107. The Labute approximate surface area is 151 Å². The molecule has 1 aliphatic rings. The minimum atomic E-state index is 0.331. The maximum absolute atomic E-state index is 10.8. The van der Waals surface area contributed by atoms with Crippen molar-refractivity contribution < 1.29 is 4.79 Å². The molecule has 0 saturated heterocycles. The Kier molecular flexibility index (Phi) is 5.50. The Balaban J connectivity index is 2.12. The van der Waals surface area contributed by atoms with Crippen LogP contribution in [0.5, 0.6) is 0 Å². The van der Waals surface area contributed by atoms with Crippen LogP contribution in [-0.4, -0.2) is 16.5 Å². The van der Waals surface area contributed by atoms with Crippen molar-refractivity contribution in [3.8, 4) is 0 Å². The molecule has 2 atom stereocenters. The maximum atomic E-state index is 10.8. The molecule has 0 radical (unpaired) electrons. The van der Waals surface area contributed by atoms with Crippen molar-refractivity contribution in [2.24, 2.45) is 0 Å². The first-order valence-corrected chi connectivity index (χ1v) is 9.30. The summed E-state index contributed by atoms with van der Waals surface area (Å²) >= 11 is 0. The zero-order valence-electron chi connectivity index (χ0n) is 14.6. The lowest BCUT2D eigenvalue weighted by Crippen LogP contribution is -2.09. The number of rotatable bonds is 6. The van der Waals surface area contributed by atoms with Gasteiger partial charge in [0.2, 0.25) is 0 Å². The summed E-state index contributed by atoms with van der Waals surface area (Å²) in [5.74, 6) is 0. The van der Waals surface area contributed by atoms with E-state index in [9.17, 15) is 4.79 Å². The van der Waals surface area contributed by atoms with E-state index < -0.39 is 0 Å². The molecule has 1 heterocycles. The molecule has 0 aliphatic heterocycles. The van der Waals surface area contributed by atoms with Crippen LogP contribution in [0.2, 0.25) is 0 Å². The number of allylic oxidation sites excluding steroid dienone is 6. The van der Waals surface area contributed by atoms with Gasteiger partial charge in [0.15, 0.2) is 0 Å². The number of nitrogens with zero attached hydrogens (tertiary/aromatic N) is 1. The molecule has 3 rings (SSSR count). The van der Waals surface area contributed by atoms with E-state index in [2.05, 4.69) is 75.9 Å². The Morgan fingerprint density at radius 3 is 2.88 bits per heavy atom. The molecule has 0 spiro atoms. The zero-order valence-corrected chi connectivity index (χ0v) is 15.8. The van der Waals surface area contributed by atoms with Gasteiger partial charge in [0.05, 0.1) is 0 Å². The number of benzene rings is 1. The number of aryl methyl sites for hydroxylation is 1. The lowest BCUT2D eigenvalue weighted by atomic mass is 10.0.